The van der Waals surface area contributed by atoms with E-state index >= 15 is 0 Å². The second kappa shape index (κ2) is 7.59. The van der Waals surface area contributed by atoms with Gasteiger partial charge in [0.2, 0.25) is 0 Å². The third kappa shape index (κ3) is 4.61. The molecule has 20 heavy (non-hydrogen) atoms. The van der Waals surface area contributed by atoms with Crippen molar-refractivity contribution in [2.75, 3.05) is 5.32 Å². The molecule has 0 unspecified atom stereocenters. The second-order valence-electron chi connectivity index (χ2n) is 5.18. The third-order valence-corrected chi connectivity index (χ3v) is 3.40. The number of phenolic OH excluding ortho intramolecular Hbond substituents is 1. The molecule has 2 nitrogen and oxygen atoms in total. The number of aryl methyl sites for hydroxylation is 1. The summed E-state index contributed by atoms with van der Waals surface area (Å²) >= 11 is 0. The molecule has 0 amide bonds. The maximum atomic E-state index is 9.28. The molecule has 2 rings (SSSR count). The third-order valence-electron chi connectivity index (χ3n) is 3.40. The molecule has 0 heterocycles. The first-order chi connectivity index (χ1) is 9.78. The van der Waals surface area contributed by atoms with Crippen molar-refractivity contribution in [3.05, 3.63) is 54.1 Å². The van der Waals surface area contributed by atoms with Crippen molar-refractivity contribution in [3.8, 4) is 5.75 Å². The summed E-state index contributed by atoms with van der Waals surface area (Å²) in [6.07, 6.45) is 6.32. The molecule has 0 atom stereocenters. The summed E-state index contributed by atoms with van der Waals surface area (Å²) < 4.78 is 0. The van der Waals surface area contributed by atoms with E-state index in [2.05, 4.69) is 36.5 Å². The average molecular weight is 269 g/mol. The molecule has 2 heteroatoms. The maximum Gasteiger partial charge on any atom is 0.115 e. The van der Waals surface area contributed by atoms with Crippen LogP contribution in [0.25, 0.3) is 0 Å². The van der Waals surface area contributed by atoms with Gasteiger partial charge in [0.1, 0.15) is 5.75 Å². The van der Waals surface area contributed by atoms with Crippen LogP contribution in [0.1, 0.15) is 38.2 Å². The molecule has 2 aromatic rings. The lowest BCUT2D eigenvalue weighted by atomic mass is 10.1. The van der Waals surface area contributed by atoms with Gasteiger partial charge in [-0.05, 0) is 54.8 Å². The lowest BCUT2D eigenvalue weighted by Gasteiger charge is -2.08. The van der Waals surface area contributed by atoms with Crippen LogP contribution in [0.15, 0.2) is 48.5 Å². The standard InChI is InChI=1S/C18H23NO/c1-2-3-4-5-7-15-8-6-9-17(14-15)19-16-10-12-18(20)13-11-16/h6,8-14,19-20H,2-5,7H2,1H3. The fourth-order valence-electron chi connectivity index (χ4n) is 2.27. The van der Waals surface area contributed by atoms with Gasteiger partial charge in [-0.15, -0.1) is 0 Å². The highest BCUT2D eigenvalue weighted by Gasteiger charge is 1.98. The van der Waals surface area contributed by atoms with E-state index in [-0.39, 0.29) is 0 Å². The van der Waals surface area contributed by atoms with E-state index in [1.54, 1.807) is 12.1 Å². The highest BCUT2D eigenvalue weighted by Crippen LogP contribution is 2.20. The number of aromatic hydroxyl groups is 1. The van der Waals surface area contributed by atoms with Crippen LogP contribution in [0, 0.1) is 0 Å². The Bertz CT molecular complexity index is 519. The number of phenols is 1. The summed E-state index contributed by atoms with van der Waals surface area (Å²) in [4.78, 5) is 0. The highest BCUT2D eigenvalue weighted by atomic mass is 16.3. The van der Waals surface area contributed by atoms with Crippen LogP contribution in [0.4, 0.5) is 11.4 Å². The first kappa shape index (κ1) is 14.4. The molecule has 0 spiro atoms. The van der Waals surface area contributed by atoms with Gasteiger partial charge >= 0.3 is 0 Å². The zero-order valence-corrected chi connectivity index (χ0v) is 12.1. The van der Waals surface area contributed by atoms with Crippen LogP contribution in [0.3, 0.4) is 0 Å². The van der Waals surface area contributed by atoms with Crippen molar-refractivity contribution in [2.24, 2.45) is 0 Å². The molecule has 2 aromatic carbocycles. The van der Waals surface area contributed by atoms with E-state index in [9.17, 15) is 5.11 Å². The summed E-state index contributed by atoms with van der Waals surface area (Å²) in [7, 11) is 0. The Morgan fingerprint density at radius 2 is 1.70 bits per heavy atom. The number of unbranched alkanes of at least 4 members (excludes halogenated alkanes) is 3. The Hall–Kier alpha value is -1.96. The molecule has 0 aliphatic carbocycles. The Balaban J connectivity index is 1.93. The van der Waals surface area contributed by atoms with E-state index < -0.39 is 0 Å². The van der Waals surface area contributed by atoms with E-state index in [0.29, 0.717) is 5.75 Å². The van der Waals surface area contributed by atoms with Gasteiger partial charge in [-0.1, -0.05) is 38.3 Å². The summed E-state index contributed by atoms with van der Waals surface area (Å²) in [6.45, 7) is 2.24. The van der Waals surface area contributed by atoms with Crippen LogP contribution < -0.4 is 5.32 Å². The van der Waals surface area contributed by atoms with Crippen molar-refractivity contribution in [1.29, 1.82) is 0 Å². The van der Waals surface area contributed by atoms with Crippen molar-refractivity contribution in [1.82, 2.24) is 0 Å². The molecular weight excluding hydrogens is 246 g/mol. The van der Waals surface area contributed by atoms with Crippen LogP contribution >= 0.6 is 0 Å². The van der Waals surface area contributed by atoms with Gasteiger partial charge in [-0.25, -0.2) is 0 Å². The monoisotopic (exact) mass is 269 g/mol. The summed E-state index contributed by atoms with van der Waals surface area (Å²) in [5, 5.41) is 12.6. The number of hydrogen-bond acceptors (Lipinski definition) is 2. The largest absolute Gasteiger partial charge is 0.508 e. The summed E-state index contributed by atoms with van der Waals surface area (Å²) in [5.74, 6) is 0.292. The molecule has 2 N–H and O–H groups in total. The van der Waals surface area contributed by atoms with E-state index in [1.807, 2.05) is 12.1 Å². The molecular formula is C18H23NO. The van der Waals surface area contributed by atoms with E-state index in [0.717, 1.165) is 17.8 Å². The molecule has 0 fully saturated rings. The fraction of sp³-hybridized carbons (Fsp3) is 0.333. The van der Waals surface area contributed by atoms with Crippen molar-refractivity contribution >= 4 is 11.4 Å². The Labute approximate surface area is 121 Å². The SMILES string of the molecule is CCCCCCc1cccc(Nc2ccc(O)cc2)c1. The number of anilines is 2. The van der Waals surface area contributed by atoms with Crippen molar-refractivity contribution < 1.29 is 5.11 Å². The first-order valence-electron chi connectivity index (χ1n) is 7.43. The Morgan fingerprint density at radius 3 is 2.45 bits per heavy atom. The number of rotatable bonds is 7. The summed E-state index contributed by atoms with van der Waals surface area (Å²) in [6, 6.07) is 15.7. The predicted molar refractivity (Wildman–Crippen MR) is 85.7 cm³/mol. The van der Waals surface area contributed by atoms with Crippen LogP contribution in [-0.4, -0.2) is 5.11 Å². The Kier molecular flexibility index (Phi) is 5.48. The second-order valence-corrected chi connectivity index (χ2v) is 5.18. The Morgan fingerprint density at radius 1 is 0.900 bits per heavy atom. The minimum Gasteiger partial charge on any atom is -0.508 e. The minimum atomic E-state index is 0.292. The maximum absolute atomic E-state index is 9.28. The van der Waals surface area contributed by atoms with Crippen LogP contribution in [0.2, 0.25) is 0 Å². The normalized spacial score (nSPS) is 10.4. The number of hydrogen-bond donors (Lipinski definition) is 2. The van der Waals surface area contributed by atoms with Crippen molar-refractivity contribution in [3.63, 3.8) is 0 Å². The zero-order valence-electron chi connectivity index (χ0n) is 12.1. The van der Waals surface area contributed by atoms with Crippen LogP contribution in [-0.2, 0) is 6.42 Å². The van der Waals surface area contributed by atoms with Crippen molar-refractivity contribution in [2.45, 2.75) is 39.0 Å². The quantitative estimate of drug-likeness (QED) is 0.531. The van der Waals surface area contributed by atoms with Gasteiger partial charge in [0.15, 0.2) is 0 Å². The van der Waals surface area contributed by atoms with E-state index in [4.69, 9.17) is 0 Å². The molecule has 0 aliphatic heterocycles. The highest BCUT2D eigenvalue weighted by molar-refractivity contribution is 5.60. The molecule has 0 saturated carbocycles. The van der Waals surface area contributed by atoms with Gasteiger partial charge in [0.05, 0.1) is 0 Å². The van der Waals surface area contributed by atoms with Gasteiger partial charge < -0.3 is 10.4 Å². The molecule has 0 aromatic heterocycles. The van der Waals surface area contributed by atoms with Crippen LogP contribution in [0.5, 0.6) is 5.75 Å². The molecule has 106 valence electrons. The zero-order chi connectivity index (χ0) is 14.2. The number of benzene rings is 2. The van der Waals surface area contributed by atoms with Gasteiger partial charge in [-0.2, -0.15) is 0 Å². The average Bonchev–Trinajstić information content (AvgIpc) is 2.47. The molecule has 0 saturated heterocycles. The fourth-order valence-corrected chi connectivity index (χ4v) is 2.27. The molecule has 0 aliphatic rings. The molecule has 0 radical (unpaired) electrons. The first-order valence-corrected chi connectivity index (χ1v) is 7.43. The smallest absolute Gasteiger partial charge is 0.115 e. The predicted octanol–water partition coefficient (Wildman–Crippen LogP) is 5.26. The van der Waals surface area contributed by atoms with Gasteiger partial charge in [-0.3, -0.25) is 0 Å². The lowest BCUT2D eigenvalue weighted by molar-refractivity contribution is 0.475. The topological polar surface area (TPSA) is 32.3 Å². The van der Waals surface area contributed by atoms with Gasteiger partial charge in [0.25, 0.3) is 0 Å². The minimum absolute atomic E-state index is 0.292. The van der Waals surface area contributed by atoms with E-state index in [1.165, 1.54) is 31.2 Å². The number of nitrogens with one attached hydrogen (secondary N) is 1. The van der Waals surface area contributed by atoms with Gasteiger partial charge in [0, 0.05) is 11.4 Å². The summed E-state index contributed by atoms with van der Waals surface area (Å²) in [5.41, 5.74) is 3.47. The lowest BCUT2D eigenvalue weighted by Crippen LogP contribution is -1.92. The molecule has 0 bridgehead atoms.